The number of carbonyl (C=O) groups is 1. The van der Waals surface area contributed by atoms with E-state index in [1.807, 2.05) is 41.1 Å². The van der Waals surface area contributed by atoms with Crippen LogP contribution < -0.4 is 22.1 Å². The van der Waals surface area contributed by atoms with E-state index in [-0.39, 0.29) is 23.6 Å². The molecule has 174 valence electrons. The summed E-state index contributed by atoms with van der Waals surface area (Å²) in [4.78, 5) is 16.5. The second-order valence-corrected chi connectivity index (χ2v) is 8.55. The molecule has 0 bridgehead atoms. The summed E-state index contributed by atoms with van der Waals surface area (Å²) in [6.45, 7) is 0.644. The highest BCUT2D eigenvalue weighted by Crippen LogP contribution is 2.28. The third-order valence-electron chi connectivity index (χ3n) is 6.17. The number of fused-ring (bicyclic) bond motifs is 1. The Balaban J connectivity index is 1.44. The average Bonchev–Trinajstić information content (AvgIpc) is 3.25. The van der Waals surface area contributed by atoms with Crippen molar-refractivity contribution >= 4 is 34.3 Å². The van der Waals surface area contributed by atoms with Gasteiger partial charge in [0.25, 0.3) is 5.91 Å². The Morgan fingerprint density at radius 3 is 2.68 bits per heavy atom. The van der Waals surface area contributed by atoms with E-state index in [1.165, 1.54) is 0 Å². The van der Waals surface area contributed by atoms with Crippen molar-refractivity contribution in [3.05, 3.63) is 66.0 Å². The second kappa shape index (κ2) is 9.44. The molecule has 5 rings (SSSR count). The van der Waals surface area contributed by atoms with Crippen molar-refractivity contribution in [3.8, 4) is 0 Å². The summed E-state index contributed by atoms with van der Waals surface area (Å²) in [5, 5.41) is 20.0. The SMILES string of the molecule is NC(=O)c1nnc(N[C@@H]2CCCC[C@@H]2N)nc1Nc1cccc2c1cnn2Cc1ccccc1. The molecule has 2 heterocycles. The fourth-order valence-electron chi connectivity index (χ4n) is 4.37. The van der Waals surface area contributed by atoms with Gasteiger partial charge in [-0.3, -0.25) is 9.48 Å². The molecule has 10 heteroatoms. The number of nitrogens with one attached hydrogen (secondary N) is 2. The Morgan fingerprint density at radius 1 is 1.06 bits per heavy atom. The third-order valence-corrected chi connectivity index (χ3v) is 6.17. The maximum atomic E-state index is 12.0. The van der Waals surface area contributed by atoms with E-state index < -0.39 is 5.91 Å². The molecule has 0 aliphatic heterocycles. The Labute approximate surface area is 196 Å². The lowest BCUT2D eigenvalue weighted by atomic mass is 9.91. The number of nitrogens with zero attached hydrogens (tertiary/aromatic N) is 5. The number of hydrogen-bond donors (Lipinski definition) is 4. The molecule has 0 spiro atoms. The highest BCUT2D eigenvalue weighted by molar-refractivity contribution is 5.98. The Bertz CT molecular complexity index is 1300. The molecule has 2 aromatic carbocycles. The minimum Gasteiger partial charge on any atom is -0.364 e. The smallest absolute Gasteiger partial charge is 0.273 e. The summed E-state index contributed by atoms with van der Waals surface area (Å²) in [5.74, 6) is -0.171. The molecular formula is C24H27N9O. The molecule has 10 nitrogen and oxygen atoms in total. The molecule has 34 heavy (non-hydrogen) atoms. The standard InChI is InChI=1S/C24H27N9O/c25-17-9-4-5-10-19(17)29-24-30-23(21(22(26)34)31-32-24)28-18-11-6-12-20-16(18)13-27-33(20)14-15-7-2-1-3-8-15/h1-3,6-8,11-13,17,19H,4-5,9-10,14,25H2,(H2,26,34)(H2,28,29,30,32)/t17-,19+/m0/s1. The molecule has 0 unspecified atom stereocenters. The summed E-state index contributed by atoms with van der Waals surface area (Å²) < 4.78 is 1.93. The van der Waals surface area contributed by atoms with E-state index in [0.29, 0.717) is 12.5 Å². The molecule has 6 N–H and O–H groups in total. The van der Waals surface area contributed by atoms with E-state index in [9.17, 15) is 4.79 Å². The Kier molecular flexibility index (Phi) is 6.05. The molecule has 1 amide bonds. The van der Waals surface area contributed by atoms with Crippen molar-refractivity contribution in [2.24, 2.45) is 11.5 Å². The van der Waals surface area contributed by atoms with Gasteiger partial charge in [-0.15, -0.1) is 10.2 Å². The first-order valence-corrected chi connectivity index (χ1v) is 11.4. The van der Waals surface area contributed by atoms with E-state index in [4.69, 9.17) is 11.5 Å². The van der Waals surface area contributed by atoms with Crippen LogP contribution in [0.1, 0.15) is 41.7 Å². The maximum Gasteiger partial charge on any atom is 0.273 e. The highest BCUT2D eigenvalue weighted by atomic mass is 16.1. The van der Waals surface area contributed by atoms with Crippen LogP contribution in [0.5, 0.6) is 0 Å². The van der Waals surface area contributed by atoms with E-state index in [2.05, 4.69) is 43.0 Å². The van der Waals surface area contributed by atoms with Gasteiger partial charge in [0.15, 0.2) is 11.5 Å². The van der Waals surface area contributed by atoms with Crippen molar-refractivity contribution in [3.63, 3.8) is 0 Å². The van der Waals surface area contributed by atoms with Gasteiger partial charge in [0, 0.05) is 17.5 Å². The molecule has 1 fully saturated rings. The second-order valence-electron chi connectivity index (χ2n) is 8.55. The molecule has 0 saturated heterocycles. The largest absolute Gasteiger partial charge is 0.364 e. The lowest BCUT2D eigenvalue weighted by Crippen LogP contribution is -2.43. The summed E-state index contributed by atoms with van der Waals surface area (Å²) in [6.07, 6.45) is 5.89. The third kappa shape index (κ3) is 4.53. The van der Waals surface area contributed by atoms with Crippen LogP contribution in [-0.2, 0) is 6.54 Å². The van der Waals surface area contributed by atoms with Crippen LogP contribution in [0, 0.1) is 0 Å². The summed E-state index contributed by atoms with van der Waals surface area (Å²) in [6, 6.07) is 16.0. The highest BCUT2D eigenvalue weighted by Gasteiger charge is 2.24. The average molecular weight is 458 g/mol. The minimum absolute atomic E-state index is 0.0220. The fourth-order valence-corrected chi connectivity index (χ4v) is 4.37. The van der Waals surface area contributed by atoms with Crippen molar-refractivity contribution < 1.29 is 4.79 Å². The van der Waals surface area contributed by atoms with Crippen LogP contribution in [0.15, 0.2) is 54.7 Å². The predicted molar refractivity (Wildman–Crippen MR) is 131 cm³/mol. The topological polar surface area (TPSA) is 150 Å². The van der Waals surface area contributed by atoms with Gasteiger partial charge in [-0.2, -0.15) is 10.1 Å². The fraction of sp³-hybridized carbons (Fsp3) is 0.292. The lowest BCUT2D eigenvalue weighted by molar-refractivity contribution is 0.0995. The molecule has 1 aliphatic carbocycles. The monoisotopic (exact) mass is 457 g/mol. The predicted octanol–water partition coefficient (Wildman–Crippen LogP) is 2.79. The number of aromatic nitrogens is 5. The summed E-state index contributed by atoms with van der Waals surface area (Å²) in [5.41, 5.74) is 14.6. The number of primary amides is 1. The van der Waals surface area contributed by atoms with Crippen LogP contribution in [0.25, 0.3) is 10.9 Å². The molecular weight excluding hydrogens is 430 g/mol. The van der Waals surface area contributed by atoms with Crippen LogP contribution in [0.4, 0.5) is 17.5 Å². The molecule has 2 aromatic heterocycles. The van der Waals surface area contributed by atoms with Gasteiger partial charge in [0.05, 0.1) is 23.9 Å². The van der Waals surface area contributed by atoms with Crippen molar-refractivity contribution in [2.45, 2.75) is 44.3 Å². The number of benzene rings is 2. The number of carbonyl (C=O) groups excluding carboxylic acids is 1. The van der Waals surface area contributed by atoms with Crippen molar-refractivity contribution in [1.82, 2.24) is 25.0 Å². The van der Waals surface area contributed by atoms with Crippen LogP contribution >= 0.6 is 0 Å². The zero-order valence-electron chi connectivity index (χ0n) is 18.7. The summed E-state index contributed by atoms with van der Waals surface area (Å²) in [7, 11) is 0. The molecule has 0 radical (unpaired) electrons. The van der Waals surface area contributed by atoms with Gasteiger partial charge in [0.2, 0.25) is 5.95 Å². The zero-order valence-corrected chi connectivity index (χ0v) is 18.7. The zero-order chi connectivity index (χ0) is 23.5. The normalized spacial score (nSPS) is 18.0. The van der Waals surface area contributed by atoms with Crippen molar-refractivity contribution in [1.29, 1.82) is 0 Å². The first kappa shape index (κ1) is 21.8. The van der Waals surface area contributed by atoms with E-state index >= 15 is 0 Å². The summed E-state index contributed by atoms with van der Waals surface area (Å²) >= 11 is 0. The van der Waals surface area contributed by atoms with Gasteiger partial charge < -0.3 is 22.1 Å². The van der Waals surface area contributed by atoms with Crippen molar-refractivity contribution in [2.75, 3.05) is 10.6 Å². The van der Waals surface area contributed by atoms with Crippen LogP contribution in [0.2, 0.25) is 0 Å². The van der Waals surface area contributed by atoms with Crippen LogP contribution in [0.3, 0.4) is 0 Å². The van der Waals surface area contributed by atoms with Gasteiger partial charge in [0.1, 0.15) is 0 Å². The Hall–Kier alpha value is -4.05. The number of hydrogen-bond acceptors (Lipinski definition) is 8. The maximum absolute atomic E-state index is 12.0. The quantitative estimate of drug-likeness (QED) is 0.331. The van der Waals surface area contributed by atoms with E-state index in [0.717, 1.165) is 47.8 Å². The Morgan fingerprint density at radius 2 is 1.88 bits per heavy atom. The van der Waals surface area contributed by atoms with Gasteiger partial charge in [-0.05, 0) is 30.5 Å². The van der Waals surface area contributed by atoms with Gasteiger partial charge in [-0.1, -0.05) is 49.2 Å². The van der Waals surface area contributed by atoms with E-state index in [1.54, 1.807) is 6.20 Å². The number of rotatable bonds is 7. The molecule has 2 atom stereocenters. The van der Waals surface area contributed by atoms with Gasteiger partial charge >= 0.3 is 0 Å². The molecule has 4 aromatic rings. The first-order valence-electron chi connectivity index (χ1n) is 11.4. The first-order chi connectivity index (χ1) is 16.6. The lowest BCUT2D eigenvalue weighted by Gasteiger charge is -2.29. The molecule has 1 aliphatic rings. The number of anilines is 3. The number of amides is 1. The minimum atomic E-state index is -0.713. The molecule has 1 saturated carbocycles. The van der Waals surface area contributed by atoms with Gasteiger partial charge in [-0.25, -0.2) is 0 Å². The number of nitrogens with two attached hydrogens (primary N) is 2. The van der Waals surface area contributed by atoms with Crippen LogP contribution in [-0.4, -0.2) is 43.0 Å².